The van der Waals surface area contributed by atoms with E-state index in [4.69, 9.17) is 10.5 Å². The molecule has 3 aromatic rings. The van der Waals surface area contributed by atoms with Crippen LogP contribution in [0.25, 0.3) is 11.1 Å². The zero-order valence-corrected chi connectivity index (χ0v) is 19.1. The van der Waals surface area contributed by atoms with Gasteiger partial charge in [-0.2, -0.15) is 0 Å². The van der Waals surface area contributed by atoms with Crippen molar-refractivity contribution in [2.24, 2.45) is 17.6 Å². The molecule has 6 nitrogen and oxygen atoms in total. The van der Waals surface area contributed by atoms with Crippen LogP contribution in [0.4, 0.5) is 0 Å². The molecule has 0 aliphatic heterocycles. The second-order valence-corrected chi connectivity index (χ2v) is 8.76. The number of amides is 1. The summed E-state index contributed by atoms with van der Waals surface area (Å²) in [6.45, 7) is 0.710. The Labute approximate surface area is 195 Å². The second kappa shape index (κ2) is 11.1. The van der Waals surface area contributed by atoms with Crippen molar-refractivity contribution in [1.29, 1.82) is 0 Å². The molecular weight excluding hydrogens is 412 g/mol. The Hall–Kier alpha value is -3.25. The number of nitrogens with zero attached hydrogens (tertiary/aromatic N) is 2. The third-order valence-electron chi connectivity index (χ3n) is 6.57. The molecule has 3 N–H and O–H groups in total. The van der Waals surface area contributed by atoms with Crippen LogP contribution in [-0.4, -0.2) is 29.5 Å². The number of methoxy groups -OCH3 is 1. The van der Waals surface area contributed by atoms with Gasteiger partial charge in [-0.05, 0) is 79.5 Å². The van der Waals surface area contributed by atoms with Gasteiger partial charge in [-0.1, -0.05) is 30.3 Å². The Kier molecular flexibility index (Phi) is 7.68. The average Bonchev–Trinajstić information content (AvgIpc) is 2.89. The lowest BCUT2D eigenvalue weighted by Gasteiger charge is -2.28. The molecular formula is C27H32N4O2. The Morgan fingerprint density at radius 3 is 2.42 bits per heavy atom. The van der Waals surface area contributed by atoms with E-state index in [0.29, 0.717) is 24.8 Å². The number of rotatable bonds is 8. The van der Waals surface area contributed by atoms with Gasteiger partial charge in [-0.15, -0.1) is 0 Å². The van der Waals surface area contributed by atoms with Crippen molar-refractivity contribution in [3.63, 3.8) is 0 Å². The Bertz CT molecular complexity index is 1050. The topological polar surface area (TPSA) is 90.1 Å². The summed E-state index contributed by atoms with van der Waals surface area (Å²) in [5.41, 5.74) is 9.84. The van der Waals surface area contributed by atoms with Gasteiger partial charge >= 0.3 is 0 Å². The predicted molar refractivity (Wildman–Crippen MR) is 130 cm³/mol. The summed E-state index contributed by atoms with van der Waals surface area (Å²) in [4.78, 5) is 22.1. The maximum atomic E-state index is 13.2. The molecule has 0 saturated heterocycles. The van der Waals surface area contributed by atoms with E-state index in [-0.39, 0.29) is 17.9 Å². The molecule has 6 heteroatoms. The van der Waals surface area contributed by atoms with Crippen LogP contribution in [0.15, 0.2) is 67.0 Å². The van der Waals surface area contributed by atoms with Crippen LogP contribution in [0.2, 0.25) is 0 Å². The fourth-order valence-corrected chi connectivity index (χ4v) is 4.55. The molecule has 4 rings (SSSR count). The van der Waals surface area contributed by atoms with Gasteiger partial charge in [0, 0.05) is 24.4 Å². The molecule has 0 bridgehead atoms. The molecule has 1 amide bonds. The molecule has 2 heterocycles. The smallest absolute Gasteiger partial charge is 0.223 e. The van der Waals surface area contributed by atoms with Crippen LogP contribution in [0.1, 0.15) is 43.0 Å². The fourth-order valence-electron chi connectivity index (χ4n) is 4.55. The van der Waals surface area contributed by atoms with Crippen molar-refractivity contribution >= 4 is 5.91 Å². The highest BCUT2D eigenvalue weighted by atomic mass is 16.5. The first-order valence-electron chi connectivity index (χ1n) is 11.7. The monoisotopic (exact) mass is 444 g/mol. The Morgan fingerprint density at radius 1 is 1.03 bits per heavy atom. The maximum absolute atomic E-state index is 13.2. The van der Waals surface area contributed by atoms with Gasteiger partial charge in [0.15, 0.2) is 0 Å². The quantitative estimate of drug-likeness (QED) is 0.540. The number of hydrogen-bond donors (Lipinski definition) is 2. The van der Waals surface area contributed by atoms with Gasteiger partial charge in [-0.25, -0.2) is 4.98 Å². The molecule has 1 aliphatic carbocycles. The minimum Gasteiger partial charge on any atom is -0.481 e. The standard InChI is InChI=1S/C27H32N4O2/c1-33-26-17-23(12-14-30-26)22-11-13-29-24(16-22)25(15-19-5-3-2-4-6-19)31-27(32)21-9-7-20(18-28)8-10-21/h2-6,11-14,16-17,20-21,25H,7-10,15,18,28H2,1H3,(H,31,32). The van der Waals surface area contributed by atoms with E-state index in [2.05, 4.69) is 27.4 Å². The SMILES string of the molecule is COc1cc(-c2ccnc(C(Cc3ccccc3)NC(=O)C3CCC(CN)CC3)c2)ccn1. The first kappa shape index (κ1) is 22.9. The number of carbonyl (C=O) groups excluding carboxylic acids is 1. The van der Waals surface area contributed by atoms with Gasteiger partial charge in [0.05, 0.1) is 18.8 Å². The highest BCUT2D eigenvalue weighted by Crippen LogP contribution is 2.30. The van der Waals surface area contributed by atoms with E-state index in [0.717, 1.165) is 48.1 Å². The van der Waals surface area contributed by atoms with E-state index in [1.54, 1.807) is 19.5 Å². The van der Waals surface area contributed by atoms with E-state index in [1.165, 1.54) is 0 Å². The molecule has 33 heavy (non-hydrogen) atoms. The summed E-state index contributed by atoms with van der Waals surface area (Å²) < 4.78 is 5.28. The van der Waals surface area contributed by atoms with E-state index < -0.39 is 0 Å². The number of ether oxygens (including phenoxy) is 1. The second-order valence-electron chi connectivity index (χ2n) is 8.76. The van der Waals surface area contributed by atoms with Crippen LogP contribution in [0.5, 0.6) is 5.88 Å². The third-order valence-corrected chi connectivity index (χ3v) is 6.57. The zero-order chi connectivity index (χ0) is 23.0. The van der Waals surface area contributed by atoms with Crippen LogP contribution in [-0.2, 0) is 11.2 Å². The number of pyridine rings is 2. The number of benzene rings is 1. The average molecular weight is 445 g/mol. The fraction of sp³-hybridized carbons (Fsp3) is 0.370. The van der Waals surface area contributed by atoms with Crippen LogP contribution >= 0.6 is 0 Å². The molecule has 1 saturated carbocycles. The number of hydrogen-bond acceptors (Lipinski definition) is 5. The summed E-state index contributed by atoms with van der Waals surface area (Å²) in [5, 5.41) is 3.32. The van der Waals surface area contributed by atoms with Crippen LogP contribution < -0.4 is 15.8 Å². The molecule has 172 valence electrons. The number of aromatic nitrogens is 2. The lowest BCUT2D eigenvalue weighted by Crippen LogP contribution is -2.37. The summed E-state index contributed by atoms with van der Waals surface area (Å²) in [5.74, 6) is 1.26. The lowest BCUT2D eigenvalue weighted by molar-refractivity contribution is -0.127. The lowest BCUT2D eigenvalue weighted by atomic mass is 9.81. The van der Waals surface area contributed by atoms with E-state index in [1.807, 2.05) is 42.5 Å². The molecule has 0 spiro atoms. The predicted octanol–water partition coefficient (Wildman–Crippen LogP) is 4.32. The van der Waals surface area contributed by atoms with Gasteiger partial charge < -0.3 is 15.8 Å². The molecule has 2 aromatic heterocycles. The third kappa shape index (κ3) is 5.96. The molecule has 1 aliphatic rings. The molecule has 1 aromatic carbocycles. The van der Waals surface area contributed by atoms with Gasteiger partial charge in [0.25, 0.3) is 0 Å². The number of carbonyl (C=O) groups is 1. The first-order chi connectivity index (χ1) is 16.2. The van der Waals surface area contributed by atoms with Crippen molar-refractivity contribution in [3.05, 3.63) is 78.2 Å². The summed E-state index contributed by atoms with van der Waals surface area (Å²) in [7, 11) is 1.61. The first-order valence-corrected chi connectivity index (χ1v) is 11.7. The van der Waals surface area contributed by atoms with E-state index >= 15 is 0 Å². The summed E-state index contributed by atoms with van der Waals surface area (Å²) >= 11 is 0. The van der Waals surface area contributed by atoms with Gasteiger partial charge in [0.1, 0.15) is 0 Å². The van der Waals surface area contributed by atoms with Crippen molar-refractivity contribution in [3.8, 4) is 17.0 Å². The number of nitrogens with one attached hydrogen (secondary N) is 1. The minimum absolute atomic E-state index is 0.0405. The minimum atomic E-state index is -0.212. The summed E-state index contributed by atoms with van der Waals surface area (Å²) in [6.07, 6.45) is 8.06. The molecule has 1 atom stereocenters. The van der Waals surface area contributed by atoms with E-state index in [9.17, 15) is 4.79 Å². The zero-order valence-electron chi connectivity index (χ0n) is 19.1. The molecule has 1 unspecified atom stereocenters. The van der Waals surface area contributed by atoms with Crippen molar-refractivity contribution in [2.45, 2.75) is 38.1 Å². The van der Waals surface area contributed by atoms with Gasteiger partial charge in [-0.3, -0.25) is 9.78 Å². The van der Waals surface area contributed by atoms with Gasteiger partial charge in [0.2, 0.25) is 11.8 Å². The van der Waals surface area contributed by atoms with Crippen LogP contribution in [0.3, 0.4) is 0 Å². The maximum Gasteiger partial charge on any atom is 0.223 e. The van der Waals surface area contributed by atoms with Crippen molar-refractivity contribution < 1.29 is 9.53 Å². The summed E-state index contributed by atoms with van der Waals surface area (Å²) in [6, 6.07) is 17.9. The van der Waals surface area contributed by atoms with Crippen LogP contribution in [0, 0.1) is 11.8 Å². The highest BCUT2D eigenvalue weighted by Gasteiger charge is 2.28. The van der Waals surface area contributed by atoms with Crippen molar-refractivity contribution in [2.75, 3.05) is 13.7 Å². The highest BCUT2D eigenvalue weighted by molar-refractivity contribution is 5.79. The normalized spacial score (nSPS) is 19.0. The largest absolute Gasteiger partial charge is 0.481 e. The van der Waals surface area contributed by atoms with Crippen molar-refractivity contribution in [1.82, 2.24) is 15.3 Å². The molecule has 1 fully saturated rings. The Balaban J connectivity index is 1.57. The Morgan fingerprint density at radius 2 is 1.73 bits per heavy atom. The number of nitrogens with two attached hydrogens (primary N) is 1. The molecule has 0 radical (unpaired) electrons.